The Hall–Kier alpha value is -0.630. The van der Waals surface area contributed by atoms with E-state index in [1.54, 1.807) is 0 Å². The molecule has 2 heteroatoms. The van der Waals surface area contributed by atoms with Gasteiger partial charge in [0.05, 0.1) is 6.10 Å². The summed E-state index contributed by atoms with van der Waals surface area (Å²) in [6.45, 7) is 21.0. The van der Waals surface area contributed by atoms with Crippen molar-refractivity contribution < 1.29 is 9.90 Å². The van der Waals surface area contributed by atoms with Gasteiger partial charge in [-0.1, -0.05) is 53.7 Å². The van der Waals surface area contributed by atoms with E-state index < -0.39 is 0 Å². The van der Waals surface area contributed by atoms with Gasteiger partial charge >= 0.3 is 0 Å². The largest absolute Gasteiger partial charge is 0.389 e. The second-order valence-electron chi connectivity index (χ2n) is 13.8. The summed E-state index contributed by atoms with van der Waals surface area (Å²) in [4.78, 5) is 12.7. The lowest BCUT2D eigenvalue weighted by Crippen LogP contribution is -2.62. The first-order valence-corrected chi connectivity index (χ1v) is 13.7. The number of Topliss-reactive ketones (excluding diaryl/α,β-unsaturated/α-hetero) is 1. The number of hydrogen-bond acceptors (Lipinski definition) is 2. The van der Waals surface area contributed by atoms with Crippen LogP contribution in [-0.2, 0) is 4.79 Å². The van der Waals surface area contributed by atoms with Crippen molar-refractivity contribution in [1.29, 1.82) is 0 Å². The summed E-state index contributed by atoms with van der Waals surface area (Å²) in [5.41, 5.74) is 2.28. The summed E-state index contributed by atoms with van der Waals surface area (Å²) in [5, 5.41) is 10.3. The first-order chi connectivity index (χ1) is 14.8. The molecule has 0 spiro atoms. The van der Waals surface area contributed by atoms with E-state index in [0.717, 1.165) is 43.1 Å². The molecule has 10 atom stereocenters. The van der Waals surface area contributed by atoms with Crippen molar-refractivity contribution in [1.82, 2.24) is 0 Å². The number of aliphatic hydroxyl groups excluding tert-OH is 1. The van der Waals surface area contributed by atoms with Gasteiger partial charge in [0.15, 0.2) is 0 Å². The fourth-order valence-corrected chi connectivity index (χ4v) is 10.2. The smallest absolute Gasteiger partial charge is 0.136 e. The van der Waals surface area contributed by atoms with Crippen LogP contribution in [0.1, 0.15) is 113 Å². The lowest BCUT2D eigenvalue weighted by Gasteiger charge is -2.69. The van der Waals surface area contributed by atoms with Crippen molar-refractivity contribution in [2.45, 2.75) is 119 Å². The van der Waals surface area contributed by atoms with E-state index in [4.69, 9.17) is 0 Å². The van der Waals surface area contributed by atoms with Gasteiger partial charge in [-0.3, -0.25) is 4.79 Å². The Labute approximate surface area is 198 Å². The van der Waals surface area contributed by atoms with Gasteiger partial charge in [-0.05, 0) is 110 Å². The summed E-state index contributed by atoms with van der Waals surface area (Å²) in [6, 6.07) is 0. The van der Waals surface area contributed by atoms with Crippen LogP contribution in [0.3, 0.4) is 0 Å². The lowest BCUT2D eigenvalue weighted by molar-refractivity contribution is -0.202. The Balaban J connectivity index is 1.58. The van der Waals surface area contributed by atoms with Crippen molar-refractivity contribution in [2.24, 2.45) is 51.2 Å². The van der Waals surface area contributed by atoms with Gasteiger partial charge < -0.3 is 5.11 Å². The van der Waals surface area contributed by atoms with Crippen LogP contribution >= 0.6 is 0 Å². The van der Waals surface area contributed by atoms with E-state index in [-0.39, 0.29) is 17.4 Å². The molecule has 4 saturated carbocycles. The van der Waals surface area contributed by atoms with Gasteiger partial charge in [0.1, 0.15) is 5.78 Å². The zero-order valence-corrected chi connectivity index (χ0v) is 22.1. The molecule has 0 heterocycles. The molecule has 0 saturated heterocycles. The molecule has 4 fully saturated rings. The van der Waals surface area contributed by atoms with Crippen molar-refractivity contribution in [3.63, 3.8) is 0 Å². The second kappa shape index (κ2) is 7.96. The summed E-state index contributed by atoms with van der Waals surface area (Å²) in [6.07, 6.45) is 11.5. The van der Waals surface area contributed by atoms with E-state index in [2.05, 4.69) is 48.1 Å². The van der Waals surface area contributed by atoms with Gasteiger partial charge in [0.25, 0.3) is 0 Å². The van der Waals surface area contributed by atoms with Crippen LogP contribution in [0.2, 0.25) is 0 Å². The van der Waals surface area contributed by atoms with E-state index in [1.807, 2.05) is 6.92 Å². The zero-order chi connectivity index (χ0) is 23.7. The maximum atomic E-state index is 12.7. The molecule has 0 aromatic carbocycles. The second-order valence-corrected chi connectivity index (χ2v) is 13.8. The summed E-state index contributed by atoms with van der Waals surface area (Å²) >= 11 is 0. The van der Waals surface area contributed by atoms with E-state index >= 15 is 0 Å². The van der Waals surface area contributed by atoms with Crippen LogP contribution in [0.4, 0.5) is 0 Å². The van der Waals surface area contributed by atoms with Crippen LogP contribution in [-0.4, -0.2) is 17.0 Å². The molecular weight excluding hydrogens is 392 g/mol. The fraction of sp³-hybridized carbons (Fsp3) is 0.900. The van der Waals surface area contributed by atoms with Gasteiger partial charge in [0.2, 0.25) is 0 Å². The van der Waals surface area contributed by atoms with E-state index in [9.17, 15) is 9.90 Å². The van der Waals surface area contributed by atoms with Crippen molar-refractivity contribution in [3.8, 4) is 0 Å². The molecule has 0 aliphatic heterocycles. The number of aliphatic hydroxyl groups is 1. The predicted molar refractivity (Wildman–Crippen MR) is 133 cm³/mol. The molecule has 4 aliphatic carbocycles. The summed E-state index contributed by atoms with van der Waals surface area (Å²) in [7, 11) is 0. The average molecular weight is 443 g/mol. The Morgan fingerprint density at radius 3 is 2.31 bits per heavy atom. The molecule has 0 aromatic rings. The van der Waals surface area contributed by atoms with E-state index in [0.29, 0.717) is 33.9 Å². The molecule has 0 bridgehead atoms. The molecule has 182 valence electrons. The highest BCUT2D eigenvalue weighted by Crippen LogP contribution is 2.76. The number of fused-ring (bicyclic) bond motifs is 5. The molecule has 32 heavy (non-hydrogen) atoms. The topological polar surface area (TPSA) is 37.3 Å². The first-order valence-electron chi connectivity index (χ1n) is 13.7. The average Bonchev–Trinajstić information content (AvgIpc) is 3.00. The quantitative estimate of drug-likeness (QED) is 0.445. The maximum Gasteiger partial charge on any atom is 0.136 e. The predicted octanol–water partition coefficient (Wildman–Crippen LogP) is 7.59. The molecule has 0 radical (unpaired) electrons. The molecule has 0 aromatic heterocycles. The Morgan fingerprint density at radius 2 is 1.66 bits per heavy atom. The first kappa shape index (κ1) is 24.5. The minimum atomic E-state index is -0.347. The standard InChI is InChI=1S/C30H50O2/c1-19(2)23(31)10-9-20(3)22-13-16-30(8)26-14-15-27(5)21(4)24(32)11-12-25(27)28(26,6)17-18-29(22,30)7/h20-23,25-26,31H,1,9-18H2,2-8H3/t20-,21+,22-,23?,25+,26-,27-,28+,29-,30+/m1/s1. The van der Waals surface area contributed by atoms with Gasteiger partial charge in [-0.15, -0.1) is 0 Å². The highest BCUT2D eigenvalue weighted by Gasteiger charge is 2.69. The third kappa shape index (κ3) is 3.24. The lowest BCUT2D eigenvalue weighted by atomic mass is 9.35. The molecule has 0 amide bonds. The maximum absolute atomic E-state index is 12.7. The van der Waals surface area contributed by atoms with Crippen molar-refractivity contribution in [2.75, 3.05) is 0 Å². The highest BCUT2D eigenvalue weighted by atomic mass is 16.3. The molecule has 2 nitrogen and oxygen atoms in total. The number of carbonyl (C=O) groups excluding carboxylic acids is 1. The normalized spacial score (nSPS) is 50.2. The summed E-state index contributed by atoms with van der Waals surface area (Å²) < 4.78 is 0. The Morgan fingerprint density at radius 1 is 0.969 bits per heavy atom. The van der Waals surface area contributed by atoms with Crippen LogP contribution in [0.15, 0.2) is 12.2 Å². The molecule has 1 unspecified atom stereocenters. The van der Waals surface area contributed by atoms with Crippen molar-refractivity contribution in [3.05, 3.63) is 12.2 Å². The van der Waals surface area contributed by atoms with Crippen LogP contribution in [0, 0.1) is 51.2 Å². The highest BCUT2D eigenvalue weighted by molar-refractivity contribution is 5.82. The SMILES string of the molecule is C=C(C)C(O)CC[C@@H](C)[C@H]1CC[C@@]2(C)[C@@H]3CC[C@@]4(C)[C@H](CCC(=O)[C@@H]4C)[C@]3(C)CC[C@]12C. The van der Waals surface area contributed by atoms with Gasteiger partial charge in [-0.25, -0.2) is 0 Å². The van der Waals surface area contributed by atoms with Crippen LogP contribution in [0.5, 0.6) is 0 Å². The fourth-order valence-electron chi connectivity index (χ4n) is 10.2. The summed E-state index contributed by atoms with van der Waals surface area (Å²) in [5.74, 6) is 3.65. The Kier molecular flexibility index (Phi) is 6.09. The van der Waals surface area contributed by atoms with Crippen LogP contribution in [0.25, 0.3) is 0 Å². The monoisotopic (exact) mass is 442 g/mol. The van der Waals surface area contributed by atoms with Gasteiger partial charge in [0, 0.05) is 12.3 Å². The molecule has 1 N–H and O–H groups in total. The minimum absolute atomic E-state index is 0.203. The Bertz CT molecular complexity index is 771. The molecular formula is C30H50O2. The minimum Gasteiger partial charge on any atom is -0.389 e. The number of hydrogen-bond donors (Lipinski definition) is 1. The number of carbonyl (C=O) groups is 1. The van der Waals surface area contributed by atoms with Crippen molar-refractivity contribution >= 4 is 5.78 Å². The number of ketones is 1. The van der Waals surface area contributed by atoms with Gasteiger partial charge in [-0.2, -0.15) is 0 Å². The zero-order valence-electron chi connectivity index (χ0n) is 22.1. The van der Waals surface area contributed by atoms with E-state index in [1.165, 1.54) is 38.5 Å². The van der Waals surface area contributed by atoms with Crippen LogP contribution < -0.4 is 0 Å². The molecule has 4 aliphatic rings. The third-order valence-corrected chi connectivity index (χ3v) is 12.7. The third-order valence-electron chi connectivity index (χ3n) is 12.7. The number of rotatable bonds is 5. The molecule has 4 rings (SSSR count).